The molecule has 1 aliphatic rings. The highest BCUT2D eigenvalue weighted by molar-refractivity contribution is 5.98. The molecule has 182 valence electrons. The van der Waals surface area contributed by atoms with Crippen LogP contribution in [0.4, 0.5) is 4.79 Å². The Kier molecular flexibility index (Phi) is 8.04. The average Bonchev–Trinajstić information content (AvgIpc) is 3.29. The van der Waals surface area contributed by atoms with Gasteiger partial charge in [-0.25, -0.2) is 4.79 Å². The van der Waals surface area contributed by atoms with E-state index in [0.29, 0.717) is 37.6 Å². The highest BCUT2D eigenvalue weighted by Crippen LogP contribution is 2.30. The first-order chi connectivity index (χ1) is 16.3. The quantitative estimate of drug-likeness (QED) is 0.406. The Morgan fingerprint density at radius 2 is 1.56 bits per heavy atom. The Morgan fingerprint density at radius 3 is 1.94 bits per heavy atom. The summed E-state index contributed by atoms with van der Waals surface area (Å²) >= 11 is 0. The van der Waals surface area contributed by atoms with E-state index in [1.165, 1.54) is 0 Å². The van der Waals surface area contributed by atoms with Crippen molar-refractivity contribution in [1.29, 1.82) is 5.41 Å². The third-order valence-corrected chi connectivity index (χ3v) is 6.02. The maximum atomic E-state index is 12.4. The molecule has 0 saturated carbocycles. The average molecular weight is 467 g/mol. The molecule has 2 aromatic carbocycles. The van der Waals surface area contributed by atoms with E-state index in [1.54, 1.807) is 32.4 Å². The first-order valence-electron chi connectivity index (χ1n) is 11.2. The number of hydrogen-bond donors (Lipinski definition) is 2. The summed E-state index contributed by atoms with van der Waals surface area (Å²) in [6.45, 7) is 5.74. The Morgan fingerprint density at radius 1 is 1.06 bits per heavy atom. The second-order valence-electron chi connectivity index (χ2n) is 8.57. The summed E-state index contributed by atoms with van der Waals surface area (Å²) in [5.74, 6) is 1.89. The first-order valence-corrected chi connectivity index (χ1v) is 11.2. The number of nitrogens with zero attached hydrogens (tertiary/aromatic N) is 2. The standard InChI is InChI=1S/C26H34N4O4/c1-26(2,30-14-15-34-25(30)31)23(16-28-3)24(27)29(17-19-6-10-21(32-4)11-7-19)18-20-8-12-22(33-5)13-9-20/h6-13,16,27-28H,14-15,17-18H2,1-5H3/b23-16-,27-24?. The zero-order chi connectivity index (χ0) is 24.7. The smallest absolute Gasteiger partial charge is 0.410 e. The van der Waals surface area contributed by atoms with Crippen LogP contribution in [0.1, 0.15) is 25.0 Å². The molecule has 2 aromatic rings. The van der Waals surface area contributed by atoms with E-state index in [0.717, 1.165) is 22.6 Å². The van der Waals surface area contributed by atoms with Gasteiger partial charge in [-0.1, -0.05) is 24.3 Å². The van der Waals surface area contributed by atoms with E-state index < -0.39 is 5.54 Å². The topological polar surface area (TPSA) is 87.1 Å². The number of amidine groups is 1. The number of ether oxygens (including phenoxy) is 3. The predicted molar refractivity (Wildman–Crippen MR) is 132 cm³/mol. The Hall–Kier alpha value is -3.68. The lowest BCUT2D eigenvalue weighted by Gasteiger charge is -2.39. The molecule has 0 radical (unpaired) electrons. The lowest BCUT2D eigenvalue weighted by Crippen LogP contribution is -2.50. The third kappa shape index (κ3) is 5.62. The van der Waals surface area contributed by atoms with Crippen LogP contribution in [0.3, 0.4) is 0 Å². The molecule has 0 atom stereocenters. The van der Waals surface area contributed by atoms with Gasteiger partial charge in [-0.15, -0.1) is 0 Å². The second-order valence-corrected chi connectivity index (χ2v) is 8.57. The predicted octanol–water partition coefficient (Wildman–Crippen LogP) is 4.02. The number of methoxy groups -OCH3 is 2. The number of rotatable bonds is 10. The van der Waals surface area contributed by atoms with Crippen LogP contribution in [0.2, 0.25) is 0 Å². The molecule has 0 spiro atoms. The normalized spacial score (nSPS) is 14.0. The maximum Gasteiger partial charge on any atom is 0.410 e. The molecule has 0 aliphatic carbocycles. The lowest BCUT2D eigenvalue weighted by molar-refractivity contribution is 0.138. The molecule has 0 aromatic heterocycles. The van der Waals surface area contributed by atoms with Crippen molar-refractivity contribution in [3.8, 4) is 11.5 Å². The zero-order valence-electron chi connectivity index (χ0n) is 20.6. The van der Waals surface area contributed by atoms with E-state index in [9.17, 15) is 10.2 Å². The summed E-state index contributed by atoms with van der Waals surface area (Å²) < 4.78 is 15.8. The van der Waals surface area contributed by atoms with Crippen molar-refractivity contribution >= 4 is 11.9 Å². The van der Waals surface area contributed by atoms with E-state index in [1.807, 2.05) is 67.3 Å². The van der Waals surface area contributed by atoms with Gasteiger partial charge in [0, 0.05) is 31.9 Å². The van der Waals surface area contributed by atoms with Crippen molar-refractivity contribution in [3.05, 3.63) is 71.4 Å². The molecule has 1 aliphatic heterocycles. The van der Waals surface area contributed by atoms with Crippen molar-refractivity contribution in [2.24, 2.45) is 0 Å². The van der Waals surface area contributed by atoms with Gasteiger partial charge >= 0.3 is 6.09 Å². The van der Waals surface area contributed by atoms with Crippen molar-refractivity contribution < 1.29 is 19.0 Å². The summed E-state index contributed by atoms with van der Waals surface area (Å²) in [7, 11) is 5.07. The number of nitrogens with one attached hydrogen (secondary N) is 2. The monoisotopic (exact) mass is 466 g/mol. The zero-order valence-corrected chi connectivity index (χ0v) is 20.6. The van der Waals surface area contributed by atoms with Gasteiger partial charge in [-0.3, -0.25) is 10.3 Å². The van der Waals surface area contributed by atoms with Crippen molar-refractivity contribution in [3.63, 3.8) is 0 Å². The summed E-state index contributed by atoms with van der Waals surface area (Å²) in [4.78, 5) is 16.0. The summed E-state index contributed by atoms with van der Waals surface area (Å²) in [5, 5.41) is 12.3. The number of benzene rings is 2. The molecule has 8 heteroatoms. The molecule has 3 rings (SSSR count). The highest BCUT2D eigenvalue weighted by Gasteiger charge is 2.41. The molecular formula is C26H34N4O4. The van der Waals surface area contributed by atoms with Crippen molar-refractivity contribution in [2.75, 3.05) is 34.4 Å². The Labute approximate surface area is 201 Å². The fourth-order valence-electron chi connectivity index (χ4n) is 4.01. The van der Waals surface area contributed by atoms with E-state index in [4.69, 9.17) is 14.2 Å². The fourth-order valence-corrected chi connectivity index (χ4v) is 4.01. The molecule has 1 heterocycles. The molecule has 1 fully saturated rings. The van der Waals surface area contributed by atoms with Gasteiger partial charge in [0.1, 0.15) is 23.9 Å². The minimum Gasteiger partial charge on any atom is -0.497 e. The van der Waals surface area contributed by atoms with Gasteiger partial charge in [0.15, 0.2) is 0 Å². The molecule has 2 N–H and O–H groups in total. The van der Waals surface area contributed by atoms with Crippen LogP contribution in [-0.2, 0) is 17.8 Å². The van der Waals surface area contributed by atoms with Crippen LogP contribution < -0.4 is 14.8 Å². The second kappa shape index (κ2) is 11.0. The van der Waals surface area contributed by atoms with E-state index in [-0.39, 0.29) is 6.09 Å². The molecular weight excluding hydrogens is 432 g/mol. The summed E-state index contributed by atoms with van der Waals surface area (Å²) in [6.07, 6.45) is 1.43. The summed E-state index contributed by atoms with van der Waals surface area (Å²) in [5.41, 5.74) is 2.03. The number of hydrogen-bond acceptors (Lipinski definition) is 6. The first kappa shape index (κ1) is 25.0. The number of cyclic esters (lactones) is 1. The minimum atomic E-state index is -0.744. The van der Waals surface area contributed by atoms with Crippen LogP contribution in [0.25, 0.3) is 0 Å². The Bertz CT molecular complexity index is 967. The van der Waals surface area contributed by atoms with Gasteiger partial charge in [-0.05, 0) is 49.2 Å². The van der Waals surface area contributed by atoms with Gasteiger partial charge in [-0.2, -0.15) is 0 Å². The molecule has 8 nitrogen and oxygen atoms in total. The van der Waals surface area contributed by atoms with Crippen LogP contribution in [0, 0.1) is 5.41 Å². The lowest BCUT2D eigenvalue weighted by atomic mass is 9.90. The molecule has 0 unspecified atom stereocenters. The van der Waals surface area contributed by atoms with Crippen molar-refractivity contribution in [2.45, 2.75) is 32.5 Å². The number of amides is 1. The van der Waals surface area contributed by atoms with Gasteiger partial charge in [0.25, 0.3) is 0 Å². The van der Waals surface area contributed by atoms with Crippen LogP contribution in [0.5, 0.6) is 11.5 Å². The van der Waals surface area contributed by atoms with Gasteiger partial charge < -0.3 is 24.4 Å². The molecule has 34 heavy (non-hydrogen) atoms. The van der Waals surface area contributed by atoms with E-state index in [2.05, 4.69) is 5.32 Å². The summed E-state index contributed by atoms with van der Waals surface area (Å²) in [6, 6.07) is 15.7. The largest absolute Gasteiger partial charge is 0.497 e. The number of carbonyl (C=O) groups is 1. The van der Waals surface area contributed by atoms with Gasteiger partial charge in [0.2, 0.25) is 0 Å². The van der Waals surface area contributed by atoms with E-state index >= 15 is 0 Å². The number of carbonyl (C=O) groups excluding carboxylic acids is 1. The Balaban J connectivity index is 1.94. The maximum absolute atomic E-state index is 12.4. The molecule has 1 amide bonds. The molecule has 1 saturated heterocycles. The van der Waals surface area contributed by atoms with Crippen LogP contribution in [-0.4, -0.2) is 61.7 Å². The van der Waals surface area contributed by atoms with Gasteiger partial charge in [0.05, 0.1) is 26.3 Å². The minimum absolute atomic E-state index is 0.325. The third-order valence-electron chi connectivity index (χ3n) is 6.02. The highest BCUT2D eigenvalue weighted by atomic mass is 16.6. The molecule has 0 bridgehead atoms. The van der Waals surface area contributed by atoms with Crippen molar-refractivity contribution in [1.82, 2.24) is 15.1 Å². The van der Waals surface area contributed by atoms with Crippen LogP contribution in [0.15, 0.2) is 60.3 Å². The fraction of sp³-hybridized carbons (Fsp3) is 0.385. The van der Waals surface area contributed by atoms with Crippen LogP contribution >= 0.6 is 0 Å². The SMILES string of the molecule is CN/C=C(/C(=N)N(Cc1ccc(OC)cc1)Cc1ccc(OC)cc1)C(C)(C)N1CCOC1=O.